The molecule has 0 radical (unpaired) electrons. The van der Waals surface area contributed by atoms with Crippen LogP contribution < -0.4 is 10.6 Å². The Bertz CT molecular complexity index is 631. The van der Waals surface area contributed by atoms with Crippen LogP contribution in [0.25, 0.3) is 11.4 Å². The standard InChI is InChI=1S/C17H25N5O/c1-17(2,3)9-14(18-4)16(23)19-10-12-6-5-7-13(8-12)15-20-11-21-22-15/h5-8,11,14,18H,9-10H2,1-4H3,(H,19,23)(H,20,21,22). The Labute approximate surface area is 137 Å². The van der Waals surface area contributed by atoms with Gasteiger partial charge in [0.15, 0.2) is 5.82 Å². The minimum absolute atomic E-state index is 0.0208. The van der Waals surface area contributed by atoms with Crippen molar-refractivity contribution < 1.29 is 4.79 Å². The van der Waals surface area contributed by atoms with Crippen LogP contribution in [0.1, 0.15) is 32.8 Å². The van der Waals surface area contributed by atoms with Crippen molar-refractivity contribution in [2.24, 2.45) is 5.41 Å². The molecular formula is C17H25N5O. The van der Waals surface area contributed by atoms with Crippen molar-refractivity contribution in [3.05, 3.63) is 36.2 Å². The van der Waals surface area contributed by atoms with Crippen molar-refractivity contribution in [1.29, 1.82) is 0 Å². The lowest BCUT2D eigenvalue weighted by molar-refractivity contribution is -0.123. The average Bonchev–Trinajstić information content (AvgIpc) is 3.04. The molecule has 0 saturated heterocycles. The molecule has 0 aliphatic carbocycles. The highest BCUT2D eigenvalue weighted by Gasteiger charge is 2.23. The van der Waals surface area contributed by atoms with Gasteiger partial charge in [0.1, 0.15) is 6.33 Å². The number of hydrogen-bond donors (Lipinski definition) is 3. The fraction of sp³-hybridized carbons (Fsp3) is 0.471. The maximum Gasteiger partial charge on any atom is 0.237 e. The lowest BCUT2D eigenvalue weighted by Crippen LogP contribution is -2.44. The summed E-state index contributed by atoms with van der Waals surface area (Å²) in [6.07, 6.45) is 2.27. The molecule has 0 bridgehead atoms. The maximum absolute atomic E-state index is 12.3. The predicted molar refractivity (Wildman–Crippen MR) is 90.6 cm³/mol. The van der Waals surface area contributed by atoms with Crippen LogP contribution in [0.5, 0.6) is 0 Å². The third-order valence-corrected chi connectivity index (χ3v) is 3.56. The van der Waals surface area contributed by atoms with Crippen molar-refractivity contribution in [3.63, 3.8) is 0 Å². The summed E-state index contributed by atoms with van der Waals surface area (Å²) in [5.74, 6) is 0.742. The minimum Gasteiger partial charge on any atom is -0.351 e. The molecule has 1 aromatic heterocycles. The van der Waals surface area contributed by atoms with Gasteiger partial charge in [-0.3, -0.25) is 9.89 Å². The highest BCUT2D eigenvalue weighted by molar-refractivity contribution is 5.81. The van der Waals surface area contributed by atoms with Gasteiger partial charge in [-0.15, -0.1) is 0 Å². The summed E-state index contributed by atoms with van der Waals surface area (Å²) in [6, 6.07) is 7.70. The first kappa shape index (κ1) is 17.1. The molecule has 1 heterocycles. The second-order valence-electron chi connectivity index (χ2n) is 6.86. The second-order valence-corrected chi connectivity index (χ2v) is 6.86. The number of nitrogens with zero attached hydrogens (tertiary/aromatic N) is 2. The molecule has 0 saturated carbocycles. The first-order chi connectivity index (χ1) is 10.9. The normalized spacial score (nSPS) is 12.9. The van der Waals surface area contributed by atoms with Crippen LogP contribution in [0.2, 0.25) is 0 Å². The molecule has 124 valence electrons. The lowest BCUT2D eigenvalue weighted by atomic mass is 9.88. The van der Waals surface area contributed by atoms with Crippen LogP contribution in [0.3, 0.4) is 0 Å². The first-order valence-electron chi connectivity index (χ1n) is 7.79. The summed E-state index contributed by atoms with van der Waals surface area (Å²) in [7, 11) is 1.82. The van der Waals surface area contributed by atoms with Crippen molar-refractivity contribution in [2.45, 2.75) is 39.8 Å². The van der Waals surface area contributed by atoms with E-state index in [1.165, 1.54) is 6.33 Å². The summed E-state index contributed by atoms with van der Waals surface area (Å²) < 4.78 is 0. The maximum atomic E-state index is 12.3. The number of amides is 1. The van der Waals surface area contributed by atoms with Crippen molar-refractivity contribution in [3.8, 4) is 11.4 Å². The van der Waals surface area contributed by atoms with Crippen LogP contribution in [0.4, 0.5) is 0 Å². The van der Waals surface area contributed by atoms with E-state index < -0.39 is 0 Å². The van der Waals surface area contributed by atoms with Crippen molar-refractivity contribution in [1.82, 2.24) is 25.8 Å². The topological polar surface area (TPSA) is 82.7 Å². The summed E-state index contributed by atoms with van der Waals surface area (Å²) in [5, 5.41) is 12.8. The van der Waals surface area contributed by atoms with Gasteiger partial charge in [0, 0.05) is 12.1 Å². The highest BCUT2D eigenvalue weighted by Crippen LogP contribution is 2.21. The molecule has 6 heteroatoms. The van der Waals surface area contributed by atoms with E-state index in [1.54, 1.807) is 0 Å². The van der Waals surface area contributed by atoms with E-state index in [4.69, 9.17) is 0 Å². The molecular weight excluding hydrogens is 290 g/mol. The van der Waals surface area contributed by atoms with Crippen molar-refractivity contribution >= 4 is 5.91 Å². The highest BCUT2D eigenvalue weighted by atomic mass is 16.2. The van der Waals surface area contributed by atoms with Gasteiger partial charge >= 0.3 is 0 Å². The summed E-state index contributed by atoms with van der Waals surface area (Å²) >= 11 is 0. The third kappa shape index (κ3) is 5.17. The van der Waals surface area contributed by atoms with Crippen LogP contribution in [-0.4, -0.2) is 34.2 Å². The second kappa shape index (κ2) is 7.37. The van der Waals surface area contributed by atoms with Crippen LogP contribution in [0, 0.1) is 5.41 Å². The van der Waals surface area contributed by atoms with E-state index >= 15 is 0 Å². The molecule has 0 aliphatic rings. The molecule has 6 nitrogen and oxygen atoms in total. The zero-order chi connectivity index (χ0) is 16.9. The Morgan fingerprint density at radius 1 is 1.35 bits per heavy atom. The molecule has 0 fully saturated rings. The SMILES string of the molecule is CNC(CC(C)(C)C)C(=O)NCc1cccc(-c2ncn[nH]2)c1. The number of carbonyl (C=O) groups excluding carboxylic acids is 1. The van der Waals surface area contributed by atoms with Gasteiger partial charge in [-0.05, 0) is 30.5 Å². The van der Waals surface area contributed by atoms with Gasteiger partial charge in [-0.2, -0.15) is 5.10 Å². The van der Waals surface area contributed by atoms with E-state index in [0.717, 1.165) is 23.4 Å². The van der Waals surface area contributed by atoms with E-state index in [-0.39, 0.29) is 17.4 Å². The number of nitrogens with one attached hydrogen (secondary N) is 3. The number of likely N-dealkylation sites (N-methyl/N-ethyl adjacent to an activating group) is 1. The molecule has 0 aliphatic heterocycles. The summed E-state index contributed by atoms with van der Waals surface area (Å²) in [4.78, 5) is 16.5. The number of carbonyl (C=O) groups is 1. The zero-order valence-corrected chi connectivity index (χ0v) is 14.2. The van der Waals surface area contributed by atoms with Crippen LogP contribution in [0.15, 0.2) is 30.6 Å². The molecule has 2 aromatic rings. The van der Waals surface area contributed by atoms with E-state index in [9.17, 15) is 4.79 Å². The van der Waals surface area contributed by atoms with E-state index in [0.29, 0.717) is 6.54 Å². The molecule has 23 heavy (non-hydrogen) atoms. The molecule has 3 N–H and O–H groups in total. The smallest absolute Gasteiger partial charge is 0.237 e. The number of aromatic nitrogens is 3. The van der Waals surface area contributed by atoms with Crippen molar-refractivity contribution in [2.75, 3.05) is 7.05 Å². The third-order valence-electron chi connectivity index (χ3n) is 3.56. The summed E-state index contributed by atoms with van der Waals surface area (Å²) in [6.45, 7) is 6.88. The fourth-order valence-electron chi connectivity index (χ4n) is 2.42. The molecule has 1 atom stereocenters. The largest absolute Gasteiger partial charge is 0.351 e. The average molecular weight is 315 g/mol. The molecule has 1 aromatic carbocycles. The van der Waals surface area contributed by atoms with E-state index in [1.807, 2.05) is 31.3 Å². The monoisotopic (exact) mass is 315 g/mol. The van der Waals surface area contributed by atoms with Gasteiger partial charge in [0.25, 0.3) is 0 Å². The predicted octanol–water partition coefficient (Wildman–Crippen LogP) is 2.11. The number of benzene rings is 1. The zero-order valence-electron chi connectivity index (χ0n) is 14.2. The molecule has 1 amide bonds. The Kier molecular flexibility index (Phi) is 5.50. The Morgan fingerprint density at radius 3 is 2.74 bits per heavy atom. The van der Waals surface area contributed by atoms with Crippen LogP contribution in [-0.2, 0) is 11.3 Å². The molecule has 0 spiro atoms. The quantitative estimate of drug-likeness (QED) is 0.762. The number of hydrogen-bond acceptors (Lipinski definition) is 4. The van der Waals surface area contributed by atoms with Gasteiger partial charge < -0.3 is 10.6 Å². The van der Waals surface area contributed by atoms with E-state index in [2.05, 4.69) is 46.6 Å². The Hall–Kier alpha value is -2.21. The number of aromatic amines is 1. The van der Waals surface area contributed by atoms with Gasteiger partial charge in [-0.25, -0.2) is 4.98 Å². The lowest BCUT2D eigenvalue weighted by Gasteiger charge is -2.25. The fourth-order valence-corrected chi connectivity index (χ4v) is 2.42. The Morgan fingerprint density at radius 2 is 2.13 bits per heavy atom. The molecule has 2 rings (SSSR count). The first-order valence-corrected chi connectivity index (χ1v) is 7.79. The minimum atomic E-state index is -0.188. The molecule has 1 unspecified atom stereocenters. The summed E-state index contributed by atoms with van der Waals surface area (Å²) in [5.41, 5.74) is 2.07. The Balaban J connectivity index is 1.97. The van der Waals surface area contributed by atoms with Gasteiger partial charge in [-0.1, -0.05) is 39.0 Å². The van der Waals surface area contributed by atoms with Gasteiger partial charge in [0.05, 0.1) is 6.04 Å². The van der Waals surface area contributed by atoms with Crippen LogP contribution >= 0.6 is 0 Å². The number of rotatable bonds is 6. The van der Waals surface area contributed by atoms with Gasteiger partial charge in [0.2, 0.25) is 5.91 Å². The number of H-pyrrole nitrogens is 1.